The van der Waals surface area contributed by atoms with Crippen LogP contribution >= 0.6 is 23.2 Å². The summed E-state index contributed by atoms with van der Waals surface area (Å²) in [6.45, 7) is 4.38. The molecule has 0 bridgehead atoms. The van der Waals surface area contributed by atoms with Crippen LogP contribution in [0.2, 0.25) is 10.0 Å². The number of nitrogens with one attached hydrogen (secondary N) is 1. The Morgan fingerprint density at radius 3 is 2.50 bits per heavy atom. The predicted octanol–water partition coefficient (Wildman–Crippen LogP) is 4.57. The van der Waals surface area contributed by atoms with Gasteiger partial charge in [0.05, 0.1) is 17.6 Å². The van der Waals surface area contributed by atoms with Gasteiger partial charge in [0.2, 0.25) is 0 Å². The molecule has 202 valence electrons. The van der Waals surface area contributed by atoms with Crippen molar-refractivity contribution in [2.45, 2.75) is 38.3 Å². The summed E-state index contributed by atoms with van der Waals surface area (Å²) in [4.78, 5) is 38.2. The van der Waals surface area contributed by atoms with Gasteiger partial charge in [-0.3, -0.25) is 24.5 Å². The van der Waals surface area contributed by atoms with Crippen LogP contribution in [0.25, 0.3) is 0 Å². The minimum Gasteiger partial charge on any atom is -0.386 e. The van der Waals surface area contributed by atoms with E-state index >= 15 is 0 Å². The van der Waals surface area contributed by atoms with Gasteiger partial charge in [-0.1, -0.05) is 23.2 Å². The molecule has 11 heteroatoms. The van der Waals surface area contributed by atoms with Crippen molar-refractivity contribution in [3.05, 3.63) is 63.4 Å². The van der Waals surface area contributed by atoms with Crippen molar-refractivity contribution < 1.29 is 14.0 Å². The van der Waals surface area contributed by atoms with E-state index in [1.807, 2.05) is 16.7 Å². The largest absolute Gasteiger partial charge is 0.386 e. The molecule has 2 aromatic carbocycles. The van der Waals surface area contributed by atoms with Crippen LogP contribution in [0.1, 0.15) is 48.1 Å². The number of likely N-dealkylation sites (tertiary alicyclic amines) is 1. The molecule has 2 atom stereocenters. The summed E-state index contributed by atoms with van der Waals surface area (Å²) in [6.07, 6.45) is 2.22. The highest BCUT2D eigenvalue weighted by molar-refractivity contribution is 6.43. The molecule has 0 aromatic heterocycles. The summed E-state index contributed by atoms with van der Waals surface area (Å²) in [5.41, 5.74) is 8.14. The third-order valence-electron chi connectivity index (χ3n) is 7.09. The van der Waals surface area contributed by atoms with Gasteiger partial charge in [0, 0.05) is 61.0 Å². The molecule has 1 saturated heterocycles. The van der Waals surface area contributed by atoms with Gasteiger partial charge in [0.15, 0.2) is 0 Å². The molecule has 2 heterocycles. The molecule has 2 aliphatic rings. The highest BCUT2D eigenvalue weighted by atomic mass is 35.5. The van der Waals surface area contributed by atoms with E-state index in [1.165, 1.54) is 19.2 Å². The normalized spacial score (nSPS) is 19.3. The standard InChI is InChI=1S/C27H31Cl2FN6O2/c1-16(23-19(28)9-10-20(30)24(23)29)36-14-11-33-25(31)22(36)15-21(32-2)26(37)34-18-7-5-17(6-8-18)27(38)35-12-3-4-13-35/h5-10,16,22H,3-4,11-15H2,1-2H3,(H2,31,33)(H,34,37). The van der Waals surface area contributed by atoms with Gasteiger partial charge in [-0.2, -0.15) is 0 Å². The number of carbonyl (C=O) groups is 2. The highest BCUT2D eigenvalue weighted by Crippen LogP contribution is 2.37. The Morgan fingerprint density at radius 1 is 1.16 bits per heavy atom. The molecule has 0 radical (unpaired) electrons. The Kier molecular flexibility index (Phi) is 9.02. The first-order chi connectivity index (χ1) is 18.2. The number of hydrogen-bond donors (Lipinski definition) is 2. The number of halogens is 3. The minimum atomic E-state index is -0.559. The molecular weight excluding hydrogens is 530 g/mol. The van der Waals surface area contributed by atoms with Crippen LogP contribution in [0.4, 0.5) is 10.1 Å². The lowest BCUT2D eigenvalue weighted by molar-refractivity contribution is -0.110. The molecule has 3 N–H and O–H groups in total. The second-order valence-corrected chi connectivity index (χ2v) is 10.2. The number of hydrogen-bond acceptors (Lipinski definition) is 6. The fourth-order valence-corrected chi connectivity index (χ4v) is 5.66. The molecule has 4 rings (SSSR count). The number of rotatable bonds is 7. The zero-order chi connectivity index (χ0) is 27.4. The van der Waals surface area contributed by atoms with Gasteiger partial charge in [-0.25, -0.2) is 4.39 Å². The maximum Gasteiger partial charge on any atom is 0.269 e. The van der Waals surface area contributed by atoms with Crippen molar-refractivity contribution in [1.82, 2.24) is 9.80 Å². The van der Waals surface area contributed by atoms with Gasteiger partial charge in [0.1, 0.15) is 17.4 Å². The number of benzene rings is 2. The number of nitrogens with two attached hydrogens (primary N) is 1. The van der Waals surface area contributed by atoms with E-state index in [-0.39, 0.29) is 29.0 Å². The average Bonchev–Trinajstić information content (AvgIpc) is 3.45. The van der Waals surface area contributed by atoms with Crippen molar-refractivity contribution in [2.75, 3.05) is 38.5 Å². The molecular formula is C27H31Cl2FN6O2. The molecule has 2 aliphatic heterocycles. The molecule has 0 spiro atoms. The van der Waals surface area contributed by atoms with E-state index < -0.39 is 17.9 Å². The lowest BCUT2D eigenvalue weighted by atomic mass is 9.99. The first-order valence-electron chi connectivity index (χ1n) is 12.6. The predicted molar refractivity (Wildman–Crippen MR) is 150 cm³/mol. The van der Waals surface area contributed by atoms with Crippen molar-refractivity contribution in [1.29, 1.82) is 0 Å². The lowest BCUT2D eigenvalue weighted by Gasteiger charge is -2.39. The Labute approximate surface area is 231 Å². The van der Waals surface area contributed by atoms with E-state index in [0.29, 0.717) is 40.8 Å². The highest BCUT2D eigenvalue weighted by Gasteiger charge is 2.34. The quantitative estimate of drug-likeness (QED) is 0.382. The van der Waals surface area contributed by atoms with E-state index in [0.717, 1.165) is 25.9 Å². The van der Waals surface area contributed by atoms with Crippen LogP contribution in [0.15, 0.2) is 46.4 Å². The second kappa shape index (κ2) is 12.2. The summed E-state index contributed by atoms with van der Waals surface area (Å²) in [5.74, 6) is -0.600. The summed E-state index contributed by atoms with van der Waals surface area (Å²) in [6, 6.07) is 8.65. The van der Waals surface area contributed by atoms with Gasteiger partial charge in [-0.05, 0) is 56.2 Å². The first-order valence-corrected chi connectivity index (χ1v) is 13.3. The lowest BCUT2D eigenvalue weighted by Crippen LogP contribution is -2.52. The molecule has 2 amide bonds. The van der Waals surface area contributed by atoms with Gasteiger partial charge < -0.3 is 16.0 Å². The third kappa shape index (κ3) is 6.00. The Morgan fingerprint density at radius 2 is 1.84 bits per heavy atom. The van der Waals surface area contributed by atoms with E-state index in [1.54, 1.807) is 24.3 Å². The van der Waals surface area contributed by atoms with Crippen molar-refractivity contribution in [3.8, 4) is 0 Å². The number of aliphatic imine (C=N–C) groups is 2. The van der Waals surface area contributed by atoms with Crippen LogP contribution in [0, 0.1) is 5.82 Å². The molecule has 2 unspecified atom stereocenters. The monoisotopic (exact) mass is 560 g/mol. The maximum atomic E-state index is 14.2. The maximum absolute atomic E-state index is 14.2. The van der Waals surface area contributed by atoms with Crippen molar-refractivity contribution >= 4 is 52.3 Å². The van der Waals surface area contributed by atoms with Crippen molar-refractivity contribution in [3.63, 3.8) is 0 Å². The number of amides is 2. The van der Waals surface area contributed by atoms with Crippen LogP contribution in [-0.4, -0.2) is 72.4 Å². The van der Waals surface area contributed by atoms with E-state index in [2.05, 4.69) is 15.3 Å². The van der Waals surface area contributed by atoms with Crippen LogP contribution in [0.3, 0.4) is 0 Å². The molecule has 0 aliphatic carbocycles. The Balaban J connectivity index is 1.48. The van der Waals surface area contributed by atoms with Gasteiger partial charge in [0.25, 0.3) is 11.8 Å². The summed E-state index contributed by atoms with van der Waals surface area (Å²) >= 11 is 12.7. The topological polar surface area (TPSA) is 103 Å². The van der Waals surface area contributed by atoms with Gasteiger partial charge >= 0.3 is 0 Å². The number of amidine groups is 1. The third-order valence-corrected chi connectivity index (χ3v) is 7.80. The zero-order valence-electron chi connectivity index (χ0n) is 21.4. The average molecular weight is 561 g/mol. The van der Waals surface area contributed by atoms with Crippen LogP contribution in [0.5, 0.6) is 0 Å². The van der Waals surface area contributed by atoms with E-state index in [9.17, 15) is 14.0 Å². The summed E-state index contributed by atoms with van der Waals surface area (Å²) < 4.78 is 14.2. The zero-order valence-corrected chi connectivity index (χ0v) is 22.9. The number of anilines is 1. The fourth-order valence-electron chi connectivity index (χ4n) is 4.97. The minimum absolute atomic E-state index is 0.00374. The Hall–Kier alpha value is -3.01. The molecule has 38 heavy (non-hydrogen) atoms. The molecule has 2 aromatic rings. The van der Waals surface area contributed by atoms with Crippen LogP contribution in [-0.2, 0) is 4.79 Å². The second-order valence-electron chi connectivity index (χ2n) is 9.40. The first kappa shape index (κ1) is 28.0. The summed E-state index contributed by atoms with van der Waals surface area (Å²) in [7, 11) is 1.54. The SMILES string of the molecule is CN=C(CC1C(N)=NCCN1C(C)c1c(Cl)ccc(F)c1Cl)C(=O)Nc1ccc(C(=O)N2CCCC2)cc1. The van der Waals surface area contributed by atoms with Crippen molar-refractivity contribution in [2.24, 2.45) is 15.7 Å². The molecule has 1 fully saturated rings. The smallest absolute Gasteiger partial charge is 0.269 e. The van der Waals surface area contributed by atoms with Gasteiger partial charge in [-0.15, -0.1) is 0 Å². The molecule has 0 saturated carbocycles. The fraction of sp³-hybridized carbons (Fsp3) is 0.407. The number of carbonyl (C=O) groups excluding carboxylic acids is 2. The number of nitrogens with zero attached hydrogens (tertiary/aromatic N) is 4. The van der Waals surface area contributed by atoms with Crippen LogP contribution < -0.4 is 11.1 Å². The summed E-state index contributed by atoms with van der Waals surface area (Å²) in [5, 5.41) is 3.15. The van der Waals surface area contributed by atoms with E-state index in [4.69, 9.17) is 28.9 Å². The Bertz CT molecular complexity index is 1260. The molecule has 8 nitrogen and oxygen atoms in total.